The van der Waals surface area contributed by atoms with Crippen molar-refractivity contribution < 1.29 is 51.9 Å². The summed E-state index contributed by atoms with van der Waals surface area (Å²) >= 11 is 0. The third kappa shape index (κ3) is 4.75. The standard InChI is InChI=1S/C20H14N4O12S4/c25-37(26,27)11-5-15-19(17(7-11)39(31,32)33)21-9-23(15)13-3-1-2-4-14(13)24-10-22-20-16(24)6-12(38(28,29)30)8-18(20)40(34,35)36/h1-10H,(H,25,26,27)(H,28,29,30)(H,31,32,33)(H,34,35,36). The van der Waals surface area contributed by atoms with Crippen LogP contribution in [0.1, 0.15) is 0 Å². The molecule has 0 bridgehead atoms. The summed E-state index contributed by atoms with van der Waals surface area (Å²) in [4.78, 5) is 4.32. The van der Waals surface area contributed by atoms with Crippen molar-refractivity contribution >= 4 is 62.5 Å². The Morgan fingerprint density at radius 1 is 0.525 bits per heavy atom. The van der Waals surface area contributed by atoms with E-state index in [0.717, 1.165) is 24.8 Å². The molecule has 0 fully saturated rings. The number of rotatable bonds is 6. The molecule has 5 aromatic rings. The first-order valence-corrected chi connectivity index (χ1v) is 16.2. The smallest absolute Gasteiger partial charge is 0.296 e. The largest absolute Gasteiger partial charge is 0.297 e. The van der Waals surface area contributed by atoms with Gasteiger partial charge in [-0.15, -0.1) is 0 Å². The van der Waals surface area contributed by atoms with Crippen molar-refractivity contribution in [2.45, 2.75) is 19.6 Å². The van der Waals surface area contributed by atoms with E-state index in [1.807, 2.05) is 0 Å². The first-order chi connectivity index (χ1) is 18.4. The number of fused-ring (bicyclic) bond motifs is 2. The van der Waals surface area contributed by atoms with Gasteiger partial charge in [0.05, 0.1) is 32.2 Å². The van der Waals surface area contributed by atoms with E-state index in [-0.39, 0.29) is 33.4 Å². The van der Waals surface area contributed by atoms with Crippen LogP contribution in [0.25, 0.3) is 33.4 Å². The van der Waals surface area contributed by atoms with Gasteiger partial charge in [-0.05, 0) is 36.4 Å². The molecule has 5 rings (SSSR count). The molecular weight excluding hydrogens is 617 g/mol. The van der Waals surface area contributed by atoms with Gasteiger partial charge < -0.3 is 0 Å². The minimum absolute atomic E-state index is 0.115. The molecule has 0 aliphatic carbocycles. The summed E-state index contributed by atoms with van der Waals surface area (Å²) in [5.41, 5.74) is -0.939. The second-order valence-electron chi connectivity index (χ2n) is 8.20. The summed E-state index contributed by atoms with van der Waals surface area (Å²) in [5, 5.41) is 0. The maximum absolute atomic E-state index is 12.0. The normalized spacial score (nSPS) is 13.3. The molecule has 3 aromatic carbocycles. The summed E-state index contributed by atoms with van der Waals surface area (Å²) in [6.07, 6.45) is 2.14. The van der Waals surface area contributed by atoms with Crippen LogP contribution in [-0.2, 0) is 40.5 Å². The molecule has 20 heteroatoms. The average Bonchev–Trinajstić information content (AvgIpc) is 3.44. The highest BCUT2D eigenvalue weighted by Crippen LogP contribution is 2.33. The maximum Gasteiger partial charge on any atom is 0.296 e. The fraction of sp³-hybridized carbons (Fsp3) is 0. The second kappa shape index (κ2) is 8.87. The third-order valence-corrected chi connectivity index (χ3v) is 9.13. The topological polar surface area (TPSA) is 253 Å². The highest BCUT2D eigenvalue weighted by atomic mass is 32.2. The fourth-order valence-electron chi connectivity index (χ4n) is 4.07. The maximum atomic E-state index is 12.0. The molecule has 0 unspecified atom stereocenters. The van der Waals surface area contributed by atoms with Gasteiger partial charge in [-0.2, -0.15) is 33.7 Å². The van der Waals surface area contributed by atoms with E-state index in [1.165, 1.54) is 33.4 Å². The number of para-hydroxylation sites is 2. The predicted molar refractivity (Wildman–Crippen MR) is 135 cm³/mol. The van der Waals surface area contributed by atoms with E-state index < -0.39 is 60.1 Å². The van der Waals surface area contributed by atoms with Gasteiger partial charge in [0.25, 0.3) is 40.5 Å². The lowest BCUT2D eigenvalue weighted by Crippen LogP contribution is -2.07. The molecular formula is C20H14N4O12S4. The number of imidazole rings is 2. The van der Waals surface area contributed by atoms with Gasteiger partial charge in [0, 0.05) is 0 Å². The van der Waals surface area contributed by atoms with Crippen molar-refractivity contribution in [3.8, 4) is 11.4 Å². The Morgan fingerprint density at radius 2 is 0.875 bits per heavy atom. The van der Waals surface area contributed by atoms with Crippen LogP contribution in [0.4, 0.5) is 0 Å². The van der Waals surface area contributed by atoms with Gasteiger partial charge in [-0.3, -0.25) is 27.3 Å². The molecule has 40 heavy (non-hydrogen) atoms. The zero-order valence-electron chi connectivity index (χ0n) is 19.3. The number of aromatic nitrogens is 4. The highest BCUT2D eigenvalue weighted by Gasteiger charge is 2.26. The third-order valence-electron chi connectivity index (χ3n) is 5.73. The number of benzene rings is 3. The van der Waals surface area contributed by atoms with Crippen LogP contribution < -0.4 is 0 Å². The first-order valence-electron chi connectivity index (χ1n) is 10.4. The van der Waals surface area contributed by atoms with Crippen LogP contribution in [0.3, 0.4) is 0 Å². The summed E-state index contributed by atoms with van der Waals surface area (Å²) in [6.45, 7) is 0. The van der Waals surface area contributed by atoms with Crippen molar-refractivity contribution in [3.63, 3.8) is 0 Å². The Labute approximate surface area is 225 Å². The van der Waals surface area contributed by atoms with E-state index >= 15 is 0 Å². The van der Waals surface area contributed by atoms with E-state index in [2.05, 4.69) is 9.97 Å². The van der Waals surface area contributed by atoms with Gasteiger partial charge in [0.15, 0.2) is 0 Å². The number of hydrogen-bond acceptors (Lipinski definition) is 10. The molecule has 0 radical (unpaired) electrons. The molecule has 16 nitrogen and oxygen atoms in total. The zero-order chi connectivity index (χ0) is 29.4. The van der Waals surface area contributed by atoms with Crippen LogP contribution in [0.5, 0.6) is 0 Å². The Morgan fingerprint density at radius 3 is 1.18 bits per heavy atom. The van der Waals surface area contributed by atoms with Crippen LogP contribution in [0.15, 0.2) is 80.8 Å². The molecule has 2 aromatic heterocycles. The van der Waals surface area contributed by atoms with Gasteiger partial charge in [0.1, 0.15) is 33.5 Å². The van der Waals surface area contributed by atoms with Crippen LogP contribution in [0, 0.1) is 0 Å². The lowest BCUT2D eigenvalue weighted by Gasteiger charge is -2.14. The van der Waals surface area contributed by atoms with E-state index in [4.69, 9.17) is 0 Å². The van der Waals surface area contributed by atoms with Gasteiger partial charge in [-0.1, -0.05) is 12.1 Å². The zero-order valence-corrected chi connectivity index (χ0v) is 22.5. The lowest BCUT2D eigenvalue weighted by molar-refractivity contribution is 0.477. The summed E-state index contributed by atoms with van der Waals surface area (Å²) in [6, 6.07) is 8.71. The summed E-state index contributed by atoms with van der Waals surface area (Å²) < 4.78 is 136. The second-order valence-corrected chi connectivity index (χ2v) is 13.8. The SMILES string of the molecule is O=S(=O)(O)c1cc(S(=O)(=O)O)c2ncn(-c3ccccc3-n3cnc4c(S(=O)(=O)O)cc(S(=O)(=O)O)cc43)c2c1. The van der Waals surface area contributed by atoms with E-state index in [0.29, 0.717) is 12.1 Å². The molecule has 4 N–H and O–H groups in total. The van der Waals surface area contributed by atoms with Crippen molar-refractivity contribution in [1.29, 1.82) is 0 Å². The molecule has 210 valence electrons. The minimum Gasteiger partial charge on any atom is -0.297 e. The first kappa shape index (κ1) is 27.8. The highest BCUT2D eigenvalue weighted by molar-refractivity contribution is 7.87. The van der Waals surface area contributed by atoms with Crippen molar-refractivity contribution in [2.24, 2.45) is 0 Å². The quantitative estimate of drug-likeness (QED) is 0.193. The molecule has 0 aliphatic rings. The molecule has 0 spiro atoms. The summed E-state index contributed by atoms with van der Waals surface area (Å²) in [5.74, 6) is 0. The number of hydrogen-bond donors (Lipinski definition) is 4. The summed E-state index contributed by atoms with van der Waals surface area (Å²) in [7, 11) is -20.0. The van der Waals surface area contributed by atoms with Crippen LogP contribution in [0.2, 0.25) is 0 Å². The van der Waals surface area contributed by atoms with Crippen molar-refractivity contribution in [1.82, 2.24) is 19.1 Å². The van der Waals surface area contributed by atoms with E-state index in [9.17, 15) is 51.9 Å². The average molecular weight is 631 g/mol. The molecule has 0 aliphatic heterocycles. The monoisotopic (exact) mass is 630 g/mol. The molecule has 0 atom stereocenters. The Bertz CT molecular complexity index is 2160. The van der Waals surface area contributed by atoms with Crippen LogP contribution in [-0.4, -0.2) is 71.0 Å². The van der Waals surface area contributed by atoms with Gasteiger partial charge in [0.2, 0.25) is 0 Å². The fourth-order valence-corrected chi connectivity index (χ4v) is 6.62. The molecule has 0 amide bonds. The molecule has 0 saturated heterocycles. The van der Waals surface area contributed by atoms with Gasteiger partial charge in [-0.25, -0.2) is 9.97 Å². The Hall–Kier alpha value is -3.76. The van der Waals surface area contributed by atoms with Crippen LogP contribution >= 0.6 is 0 Å². The van der Waals surface area contributed by atoms with Gasteiger partial charge >= 0.3 is 0 Å². The van der Waals surface area contributed by atoms with E-state index in [1.54, 1.807) is 0 Å². The molecule has 0 saturated carbocycles. The molecule has 2 heterocycles. The van der Waals surface area contributed by atoms with Crippen molar-refractivity contribution in [2.75, 3.05) is 0 Å². The Kier molecular flexibility index (Phi) is 6.16. The predicted octanol–water partition coefficient (Wildman–Crippen LogP) is 1.35. The lowest BCUT2D eigenvalue weighted by atomic mass is 10.2. The minimum atomic E-state index is -5.03. The Balaban J connectivity index is 1.87. The van der Waals surface area contributed by atoms with Crippen molar-refractivity contribution in [3.05, 3.63) is 61.2 Å². The number of nitrogens with zero attached hydrogens (tertiary/aromatic N) is 4.